The SMILES string of the molecule is CN1CCN(CC(=O)Nc2ccc(C3CN=C4c5ccccc5NC(=O)N4C3)cc2)CC1. The van der Waals surface area contributed by atoms with Gasteiger partial charge < -0.3 is 15.5 Å². The van der Waals surface area contributed by atoms with Gasteiger partial charge in [0.2, 0.25) is 5.91 Å². The van der Waals surface area contributed by atoms with Crippen molar-refractivity contribution < 1.29 is 9.59 Å². The number of carbonyl (C=O) groups is 2. The fraction of sp³-hybridized carbons (Fsp3) is 0.375. The molecule has 8 heteroatoms. The predicted octanol–water partition coefficient (Wildman–Crippen LogP) is 2.26. The first-order valence-corrected chi connectivity index (χ1v) is 11.1. The molecule has 2 aromatic carbocycles. The molecular weight excluding hydrogens is 404 g/mol. The van der Waals surface area contributed by atoms with E-state index in [0.717, 1.165) is 54.5 Å². The van der Waals surface area contributed by atoms with Gasteiger partial charge in [0, 0.05) is 56.4 Å². The van der Waals surface area contributed by atoms with E-state index in [2.05, 4.69) is 27.5 Å². The van der Waals surface area contributed by atoms with Crippen LogP contribution in [-0.4, -0.2) is 85.3 Å². The molecule has 1 atom stereocenters. The average Bonchev–Trinajstić information content (AvgIpc) is 2.81. The zero-order valence-corrected chi connectivity index (χ0v) is 18.3. The van der Waals surface area contributed by atoms with Crippen LogP contribution in [-0.2, 0) is 4.79 Å². The van der Waals surface area contributed by atoms with Gasteiger partial charge in [0.05, 0.1) is 12.2 Å². The third kappa shape index (κ3) is 4.24. The molecule has 2 aromatic rings. The van der Waals surface area contributed by atoms with Crippen LogP contribution in [0.4, 0.5) is 16.2 Å². The van der Waals surface area contributed by atoms with E-state index in [1.807, 2.05) is 48.5 Å². The molecule has 1 saturated heterocycles. The Bertz CT molecular complexity index is 1040. The molecule has 0 bridgehead atoms. The van der Waals surface area contributed by atoms with Crippen LogP contribution in [0.2, 0.25) is 0 Å². The van der Waals surface area contributed by atoms with Crippen LogP contribution < -0.4 is 10.6 Å². The summed E-state index contributed by atoms with van der Waals surface area (Å²) in [5.74, 6) is 0.871. The summed E-state index contributed by atoms with van der Waals surface area (Å²) >= 11 is 0. The minimum Gasteiger partial charge on any atom is -0.325 e. The lowest BCUT2D eigenvalue weighted by atomic mass is 9.95. The van der Waals surface area contributed by atoms with Crippen LogP contribution in [0.25, 0.3) is 0 Å². The number of anilines is 2. The second kappa shape index (κ2) is 8.72. The Hall–Kier alpha value is -3.23. The van der Waals surface area contributed by atoms with Crippen LogP contribution >= 0.6 is 0 Å². The quantitative estimate of drug-likeness (QED) is 0.777. The highest BCUT2D eigenvalue weighted by molar-refractivity contribution is 6.18. The lowest BCUT2D eigenvalue weighted by Crippen LogP contribution is -2.49. The maximum absolute atomic E-state index is 12.6. The van der Waals surface area contributed by atoms with Crippen LogP contribution in [0.1, 0.15) is 17.0 Å². The number of likely N-dealkylation sites (N-methyl/N-ethyl adjacent to an activating group) is 1. The molecule has 2 N–H and O–H groups in total. The maximum Gasteiger partial charge on any atom is 0.327 e. The monoisotopic (exact) mass is 432 g/mol. The maximum atomic E-state index is 12.6. The van der Waals surface area contributed by atoms with Gasteiger partial charge in [-0.3, -0.25) is 19.6 Å². The normalized spacial score (nSPS) is 21.3. The number of amidine groups is 1. The van der Waals surface area contributed by atoms with Crippen molar-refractivity contribution in [3.8, 4) is 0 Å². The zero-order valence-electron chi connectivity index (χ0n) is 18.3. The van der Waals surface area contributed by atoms with Crippen molar-refractivity contribution in [2.45, 2.75) is 5.92 Å². The average molecular weight is 433 g/mol. The van der Waals surface area contributed by atoms with Gasteiger partial charge in [-0.25, -0.2) is 4.79 Å². The number of benzene rings is 2. The number of hydrogen-bond acceptors (Lipinski definition) is 5. The summed E-state index contributed by atoms with van der Waals surface area (Å²) in [5, 5.41) is 5.95. The second-order valence-corrected chi connectivity index (χ2v) is 8.70. The summed E-state index contributed by atoms with van der Waals surface area (Å²) in [6.07, 6.45) is 0. The Morgan fingerprint density at radius 1 is 1.09 bits per heavy atom. The van der Waals surface area contributed by atoms with E-state index in [1.54, 1.807) is 4.90 Å². The number of rotatable bonds is 4. The molecule has 3 amide bonds. The van der Waals surface area contributed by atoms with Gasteiger partial charge in [-0.05, 0) is 36.9 Å². The van der Waals surface area contributed by atoms with Gasteiger partial charge in [-0.2, -0.15) is 0 Å². The van der Waals surface area contributed by atoms with Crippen LogP contribution in [0.3, 0.4) is 0 Å². The van der Waals surface area contributed by atoms with E-state index in [4.69, 9.17) is 4.99 Å². The van der Waals surface area contributed by atoms with E-state index in [0.29, 0.717) is 19.6 Å². The van der Waals surface area contributed by atoms with Crippen LogP contribution in [0.15, 0.2) is 53.5 Å². The van der Waals surface area contributed by atoms with E-state index >= 15 is 0 Å². The highest BCUT2D eigenvalue weighted by Crippen LogP contribution is 2.30. The van der Waals surface area contributed by atoms with Gasteiger partial charge in [0.1, 0.15) is 5.84 Å². The van der Waals surface area contributed by atoms with E-state index in [-0.39, 0.29) is 17.9 Å². The third-order valence-electron chi connectivity index (χ3n) is 6.40. The van der Waals surface area contributed by atoms with Crippen molar-refractivity contribution in [2.24, 2.45) is 4.99 Å². The fourth-order valence-electron chi connectivity index (χ4n) is 4.49. The summed E-state index contributed by atoms with van der Waals surface area (Å²) < 4.78 is 0. The number of piperazine rings is 1. The Kier molecular flexibility index (Phi) is 5.63. The molecule has 0 spiro atoms. The van der Waals surface area contributed by atoms with Crippen molar-refractivity contribution in [2.75, 3.05) is 63.5 Å². The smallest absolute Gasteiger partial charge is 0.325 e. The highest BCUT2D eigenvalue weighted by Gasteiger charge is 2.34. The second-order valence-electron chi connectivity index (χ2n) is 8.70. The Balaban J connectivity index is 1.22. The number of amides is 3. The number of nitrogens with one attached hydrogen (secondary N) is 2. The molecule has 0 saturated carbocycles. The van der Waals surface area contributed by atoms with Crippen LogP contribution in [0.5, 0.6) is 0 Å². The molecule has 0 aliphatic carbocycles. The molecule has 0 aromatic heterocycles. The van der Waals surface area contributed by atoms with Gasteiger partial charge in [0.25, 0.3) is 0 Å². The van der Waals surface area contributed by atoms with Gasteiger partial charge in [0.15, 0.2) is 0 Å². The number of para-hydroxylation sites is 1. The van der Waals surface area contributed by atoms with E-state index < -0.39 is 0 Å². The van der Waals surface area contributed by atoms with Crippen LogP contribution in [0, 0.1) is 0 Å². The van der Waals surface area contributed by atoms with Crippen molar-refractivity contribution >= 4 is 29.1 Å². The number of carbonyl (C=O) groups excluding carboxylic acids is 2. The van der Waals surface area contributed by atoms with E-state index in [1.165, 1.54) is 0 Å². The van der Waals surface area contributed by atoms with Crippen molar-refractivity contribution in [3.63, 3.8) is 0 Å². The van der Waals surface area contributed by atoms with Crippen molar-refractivity contribution in [1.82, 2.24) is 14.7 Å². The number of hydrogen-bond donors (Lipinski definition) is 2. The molecule has 0 radical (unpaired) electrons. The lowest BCUT2D eigenvalue weighted by Gasteiger charge is -2.36. The molecule has 8 nitrogen and oxygen atoms in total. The largest absolute Gasteiger partial charge is 0.327 e. The summed E-state index contributed by atoms with van der Waals surface area (Å²) in [5.41, 5.74) is 3.67. The first-order chi connectivity index (χ1) is 15.6. The standard InChI is InChI=1S/C24H28N6O2/c1-28-10-12-29(13-11-28)16-22(31)26-19-8-6-17(7-9-19)18-14-25-23-20-4-2-3-5-21(20)27-24(32)30(23)15-18/h2-9,18H,10-16H2,1H3,(H,26,31)(H,27,32). The third-order valence-corrected chi connectivity index (χ3v) is 6.40. The fourth-order valence-corrected chi connectivity index (χ4v) is 4.49. The number of aliphatic imine (C=N–C) groups is 1. The summed E-state index contributed by atoms with van der Waals surface area (Å²) in [6, 6.07) is 15.5. The predicted molar refractivity (Wildman–Crippen MR) is 125 cm³/mol. The molecule has 3 aliphatic heterocycles. The molecule has 1 unspecified atom stereocenters. The van der Waals surface area contributed by atoms with Crippen molar-refractivity contribution in [1.29, 1.82) is 0 Å². The molecule has 32 heavy (non-hydrogen) atoms. The molecule has 166 valence electrons. The minimum absolute atomic E-state index is 0.0119. The van der Waals surface area contributed by atoms with Gasteiger partial charge in [-0.1, -0.05) is 24.3 Å². The Labute approximate surface area is 187 Å². The van der Waals surface area contributed by atoms with Gasteiger partial charge >= 0.3 is 6.03 Å². The first kappa shape index (κ1) is 20.7. The minimum atomic E-state index is -0.139. The van der Waals surface area contributed by atoms with E-state index in [9.17, 15) is 9.59 Å². The highest BCUT2D eigenvalue weighted by atomic mass is 16.2. The molecule has 1 fully saturated rings. The zero-order chi connectivity index (χ0) is 22.1. The number of fused-ring (bicyclic) bond motifs is 3. The Morgan fingerprint density at radius 2 is 1.84 bits per heavy atom. The van der Waals surface area contributed by atoms with Crippen molar-refractivity contribution in [3.05, 3.63) is 59.7 Å². The molecule has 3 heterocycles. The number of nitrogens with zero attached hydrogens (tertiary/aromatic N) is 4. The number of urea groups is 1. The molecule has 5 rings (SSSR count). The summed E-state index contributed by atoms with van der Waals surface area (Å²) in [4.78, 5) is 35.9. The lowest BCUT2D eigenvalue weighted by molar-refractivity contribution is -0.117. The summed E-state index contributed by atoms with van der Waals surface area (Å²) in [6.45, 7) is 5.45. The first-order valence-electron chi connectivity index (χ1n) is 11.1. The summed E-state index contributed by atoms with van der Waals surface area (Å²) in [7, 11) is 2.11. The Morgan fingerprint density at radius 3 is 2.62 bits per heavy atom. The molecular formula is C24H28N6O2. The topological polar surface area (TPSA) is 80.3 Å². The molecule has 3 aliphatic rings. The van der Waals surface area contributed by atoms with Gasteiger partial charge in [-0.15, -0.1) is 0 Å².